The Labute approximate surface area is 97.9 Å². The van der Waals surface area contributed by atoms with Crippen molar-refractivity contribution in [1.29, 1.82) is 0 Å². The molecule has 0 amide bonds. The second-order valence-corrected chi connectivity index (χ2v) is 5.00. The standard InChI is InChI=1S/C12H22N4/c1-10-7-15-11(9-14-10)8-13-5-6-16-12(2,3)4/h7,9,13,16H,5-6,8H2,1-4H3. The fraction of sp³-hybridized carbons (Fsp3) is 0.667. The molecule has 1 aromatic rings. The van der Waals surface area contributed by atoms with Crippen LogP contribution in [-0.2, 0) is 6.54 Å². The maximum absolute atomic E-state index is 4.28. The van der Waals surface area contributed by atoms with Crippen LogP contribution in [0.1, 0.15) is 32.2 Å². The van der Waals surface area contributed by atoms with Crippen LogP contribution in [-0.4, -0.2) is 28.6 Å². The van der Waals surface area contributed by atoms with Crippen molar-refractivity contribution in [2.75, 3.05) is 13.1 Å². The Morgan fingerprint density at radius 3 is 2.44 bits per heavy atom. The Bertz CT molecular complexity index is 300. The number of aryl methyl sites for hydroxylation is 1. The van der Waals surface area contributed by atoms with E-state index in [-0.39, 0.29) is 5.54 Å². The fourth-order valence-corrected chi connectivity index (χ4v) is 1.25. The quantitative estimate of drug-likeness (QED) is 0.737. The van der Waals surface area contributed by atoms with Gasteiger partial charge in [-0.3, -0.25) is 9.97 Å². The third-order valence-electron chi connectivity index (χ3n) is 2.10. The van der Waals surface area contributed by atoms with Crippen LogP contribution in [0.5, 0.6) is 0 Å². The molecule has 0 unspecified atom stereocenters. The first-order valence-corrected chi connectivity index (χ1v) is 5.71. The van der Waals surface area contributed by atoms with E-state index in [2.05, 4.69) is 41.4 Å². The van der Waals surface area contributed by atoms with Crippen LogP contribution in [0.4, 0.5) is 0 Å². The molecule has 0 aliphatic carbocycles. The molecular weight excluding hydrogens is 200 g/mol. The van der Waals surface area contributed by atoms with E-state index in [9.17, 15) is 0 Å². The third kappa shape index (κ3) is 5.78. The molecule has 4 nitrogen and oxygen atoms in total. The average molecular weight is 222 g/mol. The van der Waals surface area contributed by atoms with Gasteiger partial charge in [-0.05, 0) is 27.7 Å². The van der Waals surface area contributed by atoms with Crippen LogP contribution < -0.4 is 10.6 Å². The van der Waals surface area contributed by atoms with Gasteiger partial charge >= 0.3 is 0 Å². The lowest BCUT2D eigenvalue weighted by Gasteiger charge is -2.20. The smallest absolute Gasteiger partial charge is 0.0724 e. The number of rotatable bonds is 5. The van der Waals surface area contributed by atoms with E-state index in [1.807, 2.05) is 13.1 Å². The second-order valence-electron chi connectivity index (χ2n) is 5.00. The lowest BCUT2D eigenvalue weighted by molar-refractivity contribution is 0.421. The molecule has 0 radical (unpaired) electrons. The highest BCUT2D eigenvalue weighted by Crippen LogP contribution is 1.96. The molecule has 0 aliphatic heterocycles. The monoisotopic (exact) mass is 222 g/mol. The van der Waals surface area contributed by atoms with Crippen LogP contribution in [0.3, 0.4) is 0 Å². The highest BCUT2D eigenvalue weighted by molar-refractivity contribution is 5.00. The third-order valence-corrected chi connectivity index (χ3v) is 2.10. The summed E-state index contributed by atoms with van der Waals surface area (Å²) in [6.07, 6.45) is 3.62. The normalized spacial score (nSPS) is 11.8. The molecule has 1 aromatic heterocycles. The first-order chi connectivity index (χ1) is 7.47. The maximum Gasteiger partial charge on any atom is 0.0724 e. The van der Waals surface area contributed by atoms with Crippen molar-refractivity contribution in [1.82, 2.24) is 20.6 Å². The minimum atomic E-state index is 0.186. The SMILES string of the molecule is Cc1cnc(CNCCNC(C)(C)C)cn1. The van der Waals surface area contributed by atoms with E-state index >= 15 is 0 Å². The van der Waals surface area contributed by atoms with Crippen LogP contribution in [0.15, 0.2) is 12.4 Å². The summed E-state index contributed by atoms with van der Waals surface area (Å²) in [4.78, 5) is 8.48. The molecule has 2 N–H and O–H groups in total. The molecule has 90 valence electrons. The van der Waals surface area contributed by atoms with Gasteiger partial charge in [0.15, 0.2) is 0 Å². The molecule has 0 fully saturated rings. The van der Waals surface area contributed by atoms with E-state index in [1.165, 1.54) is 0 Å². The molecule has 0 aliphatic rings. The van der Waals surface area contributed by atoms with Crippen molar-refractivity contribution in [3.63, 3.8) is 0 Å². The van der Waals surface area contributed by atoms with Crippen molar-refractivity contribution in [2.45, 2.75) is 39.8 Å². The van der Waals surface area contributed by atoms with Crippen LogP contribution in [0, 0.1) is 6.92 Å². The first kappa shape index (κ1) is 13.1. The molecule has 0 spiro atoms. The van der Waals surface area contributed by atoms with E-state index in [0.29, 0.717) is 0 Å². The highest BCUT2D eigenvalue weighted by Gasteiger charge is 2.06. The zero-order valence-electron chi connectivity index (χ0n) is 10.7. The van der Waals surface area contributed by atoms with E-state index < -0.39 is 0 Å². The van der Waals surface area contributed by atoms with E-state index in [0.717, 1.165) is 31.0 Å². The van der Waals surface area contributed by atoms with Crippen LogP contribution in [0.25, 0.3) is 0 Å². The molecule has 4 heteroatoms. The summed E-state index contributed by atoms with van der Waals surface area (Å²) < 4.78 is 0. The zero-order valence-corrected chi connectivity index (χ0v) is 10.7. The summed E-state index contributed by atoms with van der Waals surface area (Å²) in [6.45, 7) is 11.1. The minimum absolute atomic E-state index is 0.186. The molecule has 1 heterocycles. The summed E-state index contributed by atoms with van der Waals surface area (Å²) >= 11 is 0. The number of hydrogen-bond acceptors (Lipinski definition) is 4. The Hall–Kier alpha value is -1.00. The molecule has 0 aromatic carbocycles. The van der Waals surface area contributed by atoms with Gasteiger partial charge < -0.3 is 10.6 Å². The Morgan fingerprint density at radius 1 is 1.12 bits per heavy atom. The summed E-state index contributed by atoms with van der Waals surface area (Å²) in [6, 6.07) is 0. The van der Waals surface area contributed by atoms with E-state index in [1.54, 1.807) is 6.20 Å². The van der Waals surface area contributed by atoms with Gasteiger partial charge in [-0.1, -0.05) is 0 Å². The van der Waals surface area contributed by atoms with Gasteiger partial charge in [0.05, 0.1) is 11.4 Å². The summed E-state index contributed by atoms with van der Waals surface area (Å²) in [5, 5.41) is 6.75. The Morgan fingerprint density at radius 2 is 1.88 bits per heavy atom. The van der Waals surface area contributed by atoms with Gasteiger partial charge in [0, 0.05) is 37.6 Å². The predicted molar refractivity (Wildman–Crippen MR) is 66.2 cm³/mol. The van der Waals surface area contributed by atoms with Gasteiger partial charge in [0.2, 0.25) is 0 Å². The molecule has 16 heavy (non-hydrogen) atoms. The van der Waals surface area contributed by atoms with Gasteiger partial charge in [-0.2, -0.15) is 0 Å². The fourth-order valence-electron chi connectivity index (χ4n) is 1.25. The summed E-state index contributed by atoms with van der Waals surface area (Å²) in [5.41, 5.74) is 2.13. The molecule has 0 saturated heterocycles. The Balaban J connectivity index is 2.14. The van der Waals surface area contributed by atoms with Crippen molar-refractivity contribution in [3.8, 4) is 0 Å². The Kier molecular flexibility index (Phi) is 4.83. The zero-order chi connectivity index (χ0) is 12.0. The topological polar surface area (TPSA) is 49.8 Å². The molecular formula is C12H22N4. The van der Waals surface area contributed by atoms with Gasteiger partial charge in [-0.15, -0.1) is 0 Å². The largest absolute Gasteiger partial charge is 0.311 e. The molecule has 1 rings (SSSR count). The second kappa shape index (κ2) is 5.92. The lowest BCUT2D eigenvalue weighted by atomic mass is 10.1. The summed E-state index contributed by atoms with van der Waals surface area (Å²) in [5.74, 6) is 0. The average Bonchev–Trinajstić information content (AvgIpc) is 2.19. The van der Waals surface area contributed by atoms with Crippen molar-refractivity contribution < 1.29 is 0 Å². The predicted octanol–water partition coefficient (Wildman–Crippen LogP) is 1.26. The maximum atomic E-state index is 4.28. The van der Waals surface area contributed by atoms with Crippen LogP contribution >= 0.6 is 0 Å². The minimum Gasteiger partial charge on any atom is -0.311 e. The first-order valence-electron chi connectivity index (χ1n) is 5.71. The number of nitrogens with zero attached hydrogens (tertiary/aromatic N) is 2. The number of hydrogen-bond donors (Lipinski definition) is 2. The summed E-state index contributed by atoms with van der Waals surface area (Å²) in [7, 11) is 0. The number of aromatic nitrogens is 2. The molecule has 0 bridgehead atoms. The van der Waals surface area contributed by atoms with Gasteiger partial charge in [0.1, 0.15) is 0 Å². The van der Waals surface area contributed by atoms with Crippen molar-refractivity contribution in [2.24, 2.45) is 0 Å². The highest BCUT2D eigenvalue weighted by atomic mass is 15.0. The van der Waals surface area contributed by atoms with Crippen molar-refractivity contribution >= 4 is 0 Å². The van der Waals surface area contributed by atoms with Gasteiger partial charge in [-0.25, -0.2) is 0 Å². The molecule has 0 atom stereocenters. The number of nitrogens with one attached hydrogen (secondary N) is 2. The molecule has 0 saturated carbocycles. The van der Waals surface area contributed by atoms with Gasteiger partial charge in [0.25, 0.3) is 0 Å². The van der Waals surface area contributed by atoms with Crippen LogP contribution in [0.2, 0.25) is 0 Å². The van der Waals surface area contributed by atoms with Crippen molar-refractivity contribution in [3.05, 3.63) is 23.8 Å². The lowest BCUT2D eigenvalue weighted by Crippen LogP contribution is -2.40. The van der Waals surface area contributed by atoms with E-state index in [4.69, 9.17) is 0 Å².